The lowest BCUT2D eigenvalue weighted by atomic mass is 9.65. The number of carbonyl (C=O) groups is 3. The van der Waals surface area contributed by atoms with Gasteiger partial charge in [-0.05, 0) is 46.1 Å². The van der Waals surface area contributed by atoms with E-state index in [-0.39, 0.29) is 23.7 Å². The molecule has 0 bridgehead atoms. The minimum absolute atomic E-state index is 0.0130. The highest BCUT2D eigenvalue weighted by molar-refractivity contribution is 5.94. The summed E-state index contributed by atoms with van der Waals surface area (Å²) in [6.07, 6.45) is 1.49. The summed E-state index contributed by atoms with van der Waals surface area (Å²) in [7, 11) is 0. The van der Waals surface area contributed by atoms with Crippen LogP contribution < -0.4 is 5.32 Å². The molecule has 3 rings (SSSR count). The summed E-state index contributed by atoms with van der Waals surface area (Å²) in [5, 5.41) is 2.91. The molecule has 6 nitrogen and oxygen atoms in total. The second-order valence-electron chi connectivity index (χ2n) is 8.11. The van der Waals surface area contributed by atoms with Crippen LogP contribution in [0.2, 0.25) is 0 Å². The van der Waals surface area contributed by atoms with Gasteiger partial charge in [-0.1, -0.05) is 24.3 Å². The van der Waals surface area contributed by atoms with Crippen molar-refractivity contribution in [3.63, 3.8) is 0 Å². The molecule has 1 aromatic carbocycles. The summed E-state index contributed by atoms with van der Waals surface area (Å²) in [5.74, 6) is 0.106. The number of ketones is 1. The van der Waals surface area contributed by atoms with Gasteiger partial charge in [0.05, 0.1) is 0 Å². The van der Waals surface area contributed by atoms with Crippen molar-refractivity contribution >= 4 is 17.8 Å². The van der Waals surface area contributed by atoms with Crippen LogP contribution in [-0.4, -0.2) is 40.4 Å². The summed E-state index contributed by atoms with van der Waals surface area (Å²) in [6, 6.07) is 6.85. The Morgan fingerprint density at radius 1 is 1.15 bits per heavy atom. The van der Waals surface area contributed by atoms with Crippen LogP contribution in [0.15, 0.2) is 24.3 Å². The third kappa shape index (κ3) is 3.59. The van der Waals surface area contributed by atoms with Gasteiger partial charge in [0.25, 0.3) is 0 Å². The van der Waals surface area contributed by atoms with Gasteiger partial charge < -0.3 is 10.1 Å². The van der Waals surface area contributed by atoms with Gasteiger partial charge in [-0.15, -0.1) is 0 Å². The largest absolute Gasteiger partial charge is 0.444 e. The van der Waals surface area contributed by atoms with Gasteiger partial charge in [-0.25, -0.2) is 4.79 Å². The van der Waals surface area contributed by atoms with Crippen molar-refractivity contribution < 1.29 is 19.1 Å². The van der Waals surface area contributed by atoms with Crippen LogP contribution in [0.25, 0.3) is 0 Å². The van der Waals surface area contributed by atoms with E-state index >= 15 is 0 Å². The van der Waals surface area contributed by atoms with E-state index in [0.29, 0.717) is 12.1 Å². The van der Waals surface area contributed by atoms with Crippen molar-refractivity contribution in [1.29, 1.82) is 0 Å². The Bertz CT molecular complexity index is 720. The first-order valence-electron chi connectivity index (χ1n) is 9.06. The Kier molecular flexibility index (Phi) is 4.78. The van der Waals surface area contributed by atoms with Crippen LogP contribution in [0.3, 0.4) is 0 Å². The second kappa shape index (κ2) is 6.74. The molecule has 0 spiro atoms. The number of carbonyl (C=O) groups excluding carboxylic acids is 3. The van der Waals surface area contributed by atoms with Gasteiger partial charge in [-0.3, -0.25) is 14.5 Å². The minimum Gasteiger partial charge on any atom is -0.444 e. The molecule has 26 heavy (non-hydrogen) atoms. The molecule has 6 heteroatoms. The molecule has 1 aromatic rings. The zero-order chi connectivity index (χ0) is 19.1. The summed E-state index contributed by atoms with van der Waals surface area (Å²) < 4.78 is 5.45. The lowest BCUT2D eigenvalue weighted by Crippen LogP contribution is -2.74. The molecule has 1 saturated carbocycles. The van der Waals surface area contributed by atoms with Crippen LogP contribution in [0.5, 0.6) is 0 Å². The van der Waals surface area contributed by atoms with Crippen LogP contribution >= 0.6 is 0 Å². The van der Waals surface area contributed by atoms with Crippen molar-refractivity contribution in [3.8, 4) is 0 Å². The molecule has 1 aliphatic heterocycles. The Labute approximate surface area is 153 Å². The molecule has 140 valence electrons. The summed E-state index contributed by atoms with van der Waals surface area (Å²) in [5.41, 5.74) is 0.981. The SMILES string of the molecule is CC(=O)c1ccc(CNC(=O)[C@H]2C3CC[C@@H]3N2C(=O)OC(C)(C)C)cc1. The lowest BCUT2D eigenvalue weighted by molar-refractivity contribution is -0.155. The van der Waals surface area contributed by atoms with Crippen molar-refractivity contribution in [2.45, 2.75) is 64.8 Å². The number of Topliss-reactive ketones (excluding diaryl/α,β-unsaturated/α-hetero) is 1. The van der Waals surface area contributed by atoms with Crippen LogP contribution in [0.4, 0.5) is 4.79 Å². The smallest absolute Gasteiger partial charge is 0.411 e. The highest BCUT2D eigenvalue weighted by Gasteiger charge is 2.59. The Balaban J connectivity index is 1.59. The fraction of sp³-hybridized carbons (Fsp3) is 0.550. The third-order valence-corrected chi connectivity index (χ3v) is 5.05. The molecule has 3 atom stereocenters. The number of rotatable bonds is 4. The molecule has 1 saturated heterocycles. The van der Waals surface area contributed by atoms with E-state index in [1.54, 1.807) is 17.0 Å². The van der Waals surface area contributed by atoms with E-state index in [0.717, 1.165) is 18.4 Å². The first-order chi connectivity index (χ1) is 12.2. The van der Waals surface area contributed by atoms with Gasteiger partial charge in [0.1, 0.15) is 11.6 Å². The van der Waals surface area contributed by atoms with E-state index in [1.165, 1.54) is 6.92 Å². The summed E-state index contributed by atoms with van der Waals surface area (Å²) in [4.78, 5) is 37.9. The van der Waals surface area contributed by atoms with Crippen molar-refractivity contribution in [2.75, 3.05) is 0 Å². The van der Waals surface area contributed by atoms with E-state index < -0.39 is 17.7 Å². The average molecular weight is 358 g/mol. The Morgan fingerprint density at radius 2 is 1.81 bits per heavy atom. The predicted octanol–water partition coefficient (Wildman–Crippen LogP) is 2.90. The van der Waals surface area contributed by atoms with Gasteiger partial charge >= 0.3 is 6.09 Å². The summed E-state index contributed by atoms with van der Waals surface area (Å²) in [6.45, 7) is 7.36. The van der Waals surface area contributed by atoms with Crippen molar-refractivity contribution in [1.82, 2.24) is 10.2 Å². The number of ether oxygens (including phenoxy) is 1. The molecule has 1 aliphatic carbocycles. The molecule has 2 fully saturated rings. The quantitative estimate of drug-likeness (QED) is 0.840. The Morgan fingerprint density at radius 3 is 2.31 bits per heavy atom. The average Bonchev–Trinajstić information content (AvgIpc) is 2.52. The molecule has 1 N–H and O–H groups in total. The highest BCUT2D eigenvalue weighted by Crippen LogP contribution is 2.47. The third-order valence-electron chi connectivity index (χ3n) is 5.05. The zero-order valence-corrected chi connectivity index (χ0v) is 15.7. The normalized spacial score (nSPS) is 24.0. The number of nitrogens with zero attached hydrogens (tertiary/aromatic N) is 1. The number of nitrogens with one attached hydrogen (secondary N) is 1. The molecular formula is C20H26N2O4. The van der Waals surface area contributed by atoms with E-state index in [2.05, 4.69) is 5.32 Å². The molecule has 0 radical (unpaired) electrons. The van der Waals surface area contributed by atoms with Crippen LogP contribution in [-0.2, 0) is 16.1 Å². The fourth-order valence-corrected chi connectivity index (χ4v) is 3.57. The standard InChI is InChI=1S/C20H26N2O4/c1-12(23)14-7-5-13(6-8-14)11-21-18(24)17-15-9-10-16(15)22(17)19(25)26-20(2,3)4/h5-8,15-17H,9-11H2,1-4H3,(H,21,24)/t15?,16-,17+/m0/s1. The van der Waals surface area contributed by atoms with Crippen molar-refractivity contribution in [3.05, 3.63) is 35.4 Å². The number of benzene rings is 1. The van der Waals surface area contributed by atoms with Gasteiger partial charge in [0.15, 0.2) is 5.78 Å². The number of piperidine rings is 1. The van der Waals surface area contributed by atoms with E-state index in [1.807, 2.05) is 32.9 Å². The highest BCUT2D eigenvalue weighted by atomic mass is 16.6. The van der Waals surface area contributed by atoms with Gasteiger partial charge in [0.2, 0.25) is 5.91 Å². The second-order valence-corrected chi connectivity index (χ2v) is 8.11. The number of hydrogen-bond donors (Lipinski definition) is 1. The molecule has 2 aliphatic rings. The molecular weight excluding hydrogens is 332 g/mol. The van der Waals surface area contributed by atoms with E-state index in [4.69, 9.17) is 4.74 Å². The summed E-state index contributed by atoms with van der Waals surface area (Å²) >= 11 is 0. The lowest BCUT2D eigenvalue weighted by Gasteiger charge is -2.60. The first kappa shape index (κ1) is 18.4. The van der Waals surface area contributed by atoms with E-state index in [9.17, 15) is 14.4 Å². The Hall–Kier alpha value is -2.37. The monoisotopic (exact) mass is 358 g/mol. The zero-order valence-electron chi connectivity index (χ0n) is 15.7. The topological polar surface area (TPSA) is 75.7 Å². The van der Waals surface area contributed by atoms with Gasteiger partial charge in [-0.2, -0.15) is 0 Å². The first-order valence-corrected chi connectivity index (χ1v) is 9.06. The maximum absolute atomic E-state index is 12.6. The number of likely N-dealkylation sites (tertiary alicyclic amines) is 1. The molecule has 1 heterocycles. The van der Waals surface area contributed by atoms with Crippen LogP contribution in [0, 0.1) is 5.92 Å². The number of fused-ring (bicyclic) bond motifs is 1. The fourth-order valence-electron chi connectivity index (χ4n) is 3.57. The van der Waals surface area contributed by atoms with Crippen molar-refractivity contribution in [2.24, 2.45) is 5.92 Å². The number of hydrogen-bond acceptors (Lipinski definition) is 4. The van der Waals surface area contributed by atoms with Crippen LogP contribution in [0.1, 0.15) is 56.5 Å². The molecule has 0 aromatic heterocycles. The molecule has 1 unspecified atom stereocenters. The minimum atomic E-state index is -0.578. The molecule has 2 amide bonds. The predicted molar refractivity (Wildman–Crippen MR) is 96.7 cm³/mol. The maximum Gasteiger partial charge on any atom is 0.411 e. The van der Waals surface area contributed by atoms with Gasteiger partial charge in [0, 0.05) is 24.1 Å². The number of amides is 2. The maximum atomic E-state index is 12.6.